The van der Waals surface area contributed by atoms with E-state index in [0.29, 0.717) is 12.5 Å². The van der Waals surface area contributed by atoms with Gasteiger partial charge in [-0.25, -0.2) is 9.98 Å². The molecular weight excluding hydrogens is 366 g/mol. The van der Waals surface area contributed by atoms with Crippen molar-refractivity contribution >= 4 is 28.0 Å². The molecule has 0 aliphatic carbocycles. The molecule has 0 aliphatic rings. The summed E-state index contributed by atoms with van der Waals surface area (Å²) >= 11 is 3.53. The van der Waals surface area contributed by atoms with Crippen LogP contribution in [0.15, 0.2) is 39.8 Å². The molecule has 0 N–H and O–H groups in total. The molecule has 0 unspecified atom stereocenters. The Morgan fingerprint density at radius 2 is 2.00 bits per heavy atom. The smallest absolute Gasteiger partial charge is 0.228 e. The summed E-state index contributed by atoms with van der Waals surface area (Å²) in [5.41, 5.74) is 4.13. The lowest BCUT2D eigenvalue weighted by molar-refractivity contribution is 0.291. The molecule has 24 heavy (non-hydrogen) atoms. The van der Waals surface area contributed by atoms with Gasteiger partial charge in [0, 0.05) is 13.6 Å². The Morgan fingerprint density at radius 3 is 2.71 bits per heavy atom. The zero-order valence-corrected chi connectivity index (χ0v) is 16.3. The van der Waals surface area contributed by atoms with E-state index in [-0.39, 0.29) is 0 Å². The summed E-state index contributed by atoms with van der Waals surface area (Å²) in [7, 11) is 1.99. The lowest BCUT2D eigenvalue weighted by Gasteiger charge is -2.11. The Hall–Kier alpha value is -1.88. The molecule has 2 aromatic rings. The van der Waals surface area contributed by atoms with Crippen LogP contribution in [0.2, 0.25) is 0 Å². The predicted molar refractivity (Wildman–Crippen MR) is 103 cm³/mol. The van der Waals surface area contributed by atoms with Gasteiger partial charge >= 0.3 is 0 Å². The van der Waals surface area contributed by atoms with Gasteiger partial charge in [-0.05, 0) is 53.4 Å². The number of rotatable bonds is 7. The van der Waals surface area contributed by atoms with Crippen LogP contribution in [0, 0.1) is 6.92 Å². The minimum atomic E-state index is 0.500. The second-order valence-electron chi connectivity index (χ2n) is 5.66. The van der Waals surface area contributed by atoms with Crippen molar-refractivity contribution in [2.75, 3.05) is 13.6 Å². The van der Waals surface area contributed by atoms with Crippen molar-refractivity contribution in [1.82, 2.24) is 9.88 Å². The quantitative estimate of drug-likeness (QED) is 0.498. The van der Waals surface area contributed by atoms with Crippen molar-refractivity contribution in [2.24, 2.45) is 4.99 Å². The Bertz CT molecular complexity index is 716. The summed E-state index contributed by atoms with van der Waals surface area (Å²) in [5, 5.41) is 0. The fourth-order valence-corrected chi connectivity index (χ4v) is 2.53. The average molecular weight is 390 g/mol. The SMILES string of the molecule is CCc1cccc(COc2nc(C)c(N=CN(C)CC)cc2Br)c1. The molecule has 5 heteroatoms. The Kier molecular flexibility index (Phi) is 6.79. The summed E-state index contributed by atoms with van der Waals surface area (Å²) < 4.78 is 6.70. The largest absolute Gasteiger partial charge is 0.472 e. The van der Waals surface area contributed by atoms with Crippen molar-refractivity contribution in [1.29, 1.82) is 0 Å². The maximum absolute atomic E-state index is 5.88. The number of nitrogens with zero attached hydrogens (tertiary/aromatic N) is 3. The van der Waals surface area contributed by atoms with Gasteiger partial charge in [0.2, 0.25) is 5.88 Å². The van der Waals surface area contributed by atoms with Crippen molar-refractivity contribution in [2.45, 2.75) is 33.8 Å². The van der Waals surface area contributed by atoms with E-state index < -0.39 is 0 Å². The normalized spacial score (nSPS) is 11.0. The van der Waals surface area contributed by atoms with Crippen LogP contribution in [0.1, 0.15) is 30.7 Å². The van der Waals surface area contributed by atoms with Gasteiger partial charge < -0.3 is 9.64 Å². The molecule has 0 spiro atoms. The number of halogens is 1. The highest BCUT2D eigenvalue weighted by molar-refractivity contribution is 9.10. The molecule has 0 saturated heterocycles. The highest BCUT2D eigenvalue weighted by Crippen LogP contribution is 2.30. The van der Waals surface area contributed by atoms with E-state index in [9.17, 15) is 0 Å². The van der Waals surface area contributed by atoms with Crippen molar-refractivity contribution in [3.05, 3.63) is 51.6 Å². The number of aryl methyl sites for hydroxylation is 2. The van der Waals surface area contributed by atoms with Gasteiger partial charge in [0.25, 0.3) is 0 Å². The van der Waals surface area contributed by atoms with E-state index in [1.54, 1.807) is 0 Å². The fraction of sp³-hybridized carbons (Fsp3) is 0.368. The van der Waals surface area contributed by atoms with Gasteiger partial charge in [0.05, 0.1) is 22.2 Å². The van der Waals surface area contributed by atoms with Crippen LogP contribution in [0.4, 0.5) is 5.69 Å². The van der Waals surface area contributed by atoms with Gasteiger partial charge in [-0.3, -0.25) is 0 Å². The fourth-order valence-electron chi connectivity index (χ4n) is 2.11. The predicted octanol–water partition coefficient (Wildman–Crippen LogP) is 4.91. The average Bonchev–Trinajstić information content (AvgIpc) is 2.60. The van der Waals surface area contributed by atoms with E-state index in [4.69, 9.17) is 4.74 Å². The monoisotopic (exact) mass is 389 g/mol. The van der Waals surface area contributed by atoms with E-state index in [2.05, 4.69) is 64.0 Å². The minimum Gasteiger partial charge on any atom is -0.472 e. The first-order chi connectivity index (χ1) is 11.5. The maximum atomic E-state index is 5.88. The topological polar surface area (TPSA) is 37.7 Å². The number of aliphatic imine (C=N–C) groups is 1. The number of hydrogen-bond donors (Lipinski definition) is 0. The first-order valence-electron chi connectivity index (χ1n) is 8.15. The summed E-state index contributed by atoms with van der Waals surface area (Å²) in [5.74, 6) is 0.595. The van der Waals surface area contributed by atoms with Crippen LogP contribution in [-0.4, -0.2) is 29.8 Å². The zero-order valence-electron chi connectivity index (χ0n) is 14.7. The van der Waals surface area contributed by atoms with E-state index in [1.165, 1.54) is 5.56 Å². The summed E-state index contributed by atoms with van der Waals surface area (Å²) in [6, 6.07) is 10.4. The third-order valence-electron chi connectivity index (χ3n) is 3.78. The molecule has 1 aromatic heterocycles. The molecule has 0 radical (unpaired) electrons. The maximum Gasteiger partial charge on any atom is 0.228 e. The number of ether oxygens (including phenoxy) is 1. The van der Waals surface area contributed by atoms with E-state index >= 15 is 0 Å². The number of aromatic nitrogens is 1. The molecule has 0 bridgehead atoms. The Balaban J connectivity index is 2.11. The highest BCUT2D eigenvalue weighted by Gasteiger charge is 2.09. The van der Waals surface area contributed by atoms with Crippen molar-refractivity contribution in [3.8, 4) is 5.88 Å². The van der Waals surface area contributed by atoms with Gasteiger partial charge in [-0.2, -0.15) is 0 Å². The third kappa shape index (κ3) is 5.06. The molecule has 128 valence electrons. The summed E-state index contributed by atoms with van der Waals surface area (Å²) in [4.78, 5) is 11.0. The lowest BCUT2D eigenvalue weighted by Crippen LogP contribution is -2.14. The van der Waals surface area contributed by atoms with Crippen LogP contribution in [0.3, 0.4) is 0 Å². The first kappa shape index (κ1) is 18.5. The lowest BCUT2D eigenvalue weighted by atomic mass is 10.1. The van der Waals surface area contributed by atoms with Gasteiger partial charge in [0.1, 0.15) is 6.61 Å². The second-order valence-corrected chi connectivity index (χ2v) is 6.51. The third-order valence-corrected chi connectivity index (χ3v) is 4.34. The molecule has 0 aliphatic heterocycles. The molecule has 1 heterocycles. The number of benzene rings is 1. The molecule has 0 atom stereocenters. The van der Waals surface area contributed by atoms with Gasteiger partial charge in [0.15, 0.2) is 0 Å². The molecule has 0 saturated carbocycles. The number of hydrogen-bond acceptors (Lipinski definition) is 3. The number of pyridine rings is 1. The van der Waals surface area contributed by atoms with Crippen LogP contribution in [0.25, 0.3) is 0 Å². The van der Waals surface area contributed by atoms with Crippen LogP contribution >= 0.6 is 15.9 Å². The minimum absolute atomic E-state index is 0.500. The highest BCUT2D eigenvalue weighted by atomic mass is 79.9. The van der Waals surface area contributed by atoms with Crippen LogP contribution in [-0.2, 0) is 13.0 Å². The Morgan fingerprint density at radius 1 is 1.25 bits per heavy atom. The van der Waals surface area contributed by atoms with E-state index in [1.807, 2.05) is 31.3 Å². The molecule has 0 amide bonds. The van der Waals surface area contributed by atoms with Gasteiger partial charge in [-0.1, -0.05) is 31.2 Å². The van der Waals surface area contributed by atoms with Gasteiger partial charge in [-0.15, -0.1) is 0 Å². The summed E-state index contributed by atoms with van der Waals surface area (Å²) in [6.45, 7) is 7.58. The van der Waals surface area contributed by atoms with Crippen molar-refractivity contribution < 1.29 is 4.74 Å². The molecule has 0 fully saturated rings. The van der Waals surface area contributed by atoms with Crippen LogP contribution in [0.5, 0.6) is 5.88 Å². The van der Waals surface area contributed by atoms with E-state index in [0.717, 1.165) is 34.4 Å². The first-order valence-corrected chi connectivity index (χ1v) is 8.95. The summed E-state index contributed by atoms with van der Waals surface area (Å²) in [6.07, 6.45) is 2.83. The second kappa shape index (κ2) is 8.83. The molecular formula is C19H24BrN3O. The van der Waals surface area contributed by atoms with Crippen LogP contribution < -0.4 is 4.74 Å². The Labute approximate surface area is 152 Å². The molecule has 4 nitrogen and oxygen atoms in total. The standard InChI is InChI=1S/C19H24BrN3O/c1-5-15-8-7-9-16(10-15)12-24-19-17(20)11-18(14(3)22-19)21-13-23(4)6-2/h7-11,13H,5-6,12H2,1-4H3. The molecule has 1 aromatic carbocycles. The van der Waals surface area contributed by atoms with Crippen molar-refractivity contribution in [3.63, 3.8) is 0 Å². The zero-order chi connectivity index (χ0) is 17.5. The molecule has 2 rings (SSSR count).